The molecule has 0 unspecified atom stereocenters. The largest absolute Gasteiger partial charge is 0.212 e. The van der Waals surface area contributed by atoms with E-state index in [1.54, 1.807) is 0 Å². The zero-order valence-electron chi connectivity index (χ0n) is 24.0. The van der Waals surface area contributed by atoms with E-state index in [-0.39, 0.29) is 5.41 Å². The van der Waals surface area contributed by atoms with E-state index in [9.17, 15) is 0 Å². The average Bonchev–Trinajstić information content (AvgIpc) is 3.04. The Morgan fingerprint density at radius 2 is 0.714 bits per heavy atom. The summed E-state index contributed by atoms with van der Waals surface area (Å²) < 4.78 is 0. The SMILES string of the molecule is CC(C)(C)c1nc(-c2ccc3cc(-c4ccccc4)ccc3c2)nc(-c2ccc3cc(-c4ccccc4)ccc3c2)n1. The molecule has 3 nitrogen and oxygen atoms in total. The van der Waals surface area contributed by atoms with Gasteiger partial charge in [-0.25, -0.2) is 15.0 Å². The molecule has 7 rings (SSSR count). The van der Waals surface area contributed by atoms with E-state index < -0.39 is 0 Å². The van der Waals surface area contributed by atoms with E-state index in [0.29, 0.717) is 11.6 Å². The second-order valence-corrected chi connectivity index (χ2v) is 11.8. The molecule has 0 saturated heterocycles. The van der Waals surface area contributed by atoms with Crippen molar-refractivity contribution in [2.45, 2.75) is 26.2 Å². The van der Waals surface area contributed by atoms with Crippen LogP contribution in [0.4, 0.5) is 0 Å². The van der Waals surface area contributed by atoms with Crippen LogP contribution in [0.3, 0.4) is 0 Å². The lowest BCUT2D eigenvalue weighted by Crippen LogP contribution is -2.18. The predicted molar refractivity (Wildman–Crippen MR) is 175 cm³/mol. The van der Waals surface area contributed by atoms with Gasteiger partial charge in [-0.3, -0.25) is 0 Å². The van der Waals surface area contributed by atoms with Crippen molar-refractivity contribution in [2.24, 2.45) is 0 Å². The number of hydrogen-bond acceptors (Lipinski definition) is 3. The third-order valence-electron chi connectivity index (χ3n) is 7.72. The molecular weight excluding hydrogens is 510 g/mol. The monoisotopic (exact) mass is 541 g/mol. The predicted octanol–water partition coefficient (Wildman–Crippen LogP) is 10.1. The Morgan fingerprint density at radius 1 is 0.357 bits per heavy atom. The van der Waals surface area contributed by atoms with Crippen molar-refractivity contribution in [2.75, 3.05) is 0 Å². The van der Waals surface area contributed by atoms with E-state index in [1.807, 2.05) is 12.1 Å². The first-order valence-corrected chi connectivity index (χ1v) is 14.4. The molecule has 0 fully saturated rings. The minimum atomic E-state index is -0.227. The first kappa shape index (κ1) is 25.8. The summed E-state index contributed by atoms with van der Waals surface area (Å²) >= 11 is 0. The minimum Gasteiger partial charge on any atom is -0.212 e. The van der Waals surface area contributed by atoms with Crippen LogP contribution in [-0.2, 0) is 5.41 Å². The molecule has 0 aliphatic rings. The van der Waals surface area contributed by atoms with Gasteiger partial charge in [-0.2, -0.15) is 0 Å². The summed E-state index contributed by atoms with van der Waals surface area (Å²) in [6.45, 7) is 6.44. The van der Waals surface area contributed by atoms with E-state index in [1.165, 1.54) is 33.0 Å². The standard InChI is InChI=1S/C39H31N3/c1-39(2,3)38-41-36(34-20-18-30-22-28(14-16-32(30)24-34)26-10-6-4-7-11-26)40-37(42-38)35-21-19-31-23-29(15-17-33(31)25-35)27-12-8-5-9-13-27/h4-25H,1-3H3. The summed E-state index contributed by atoms with van der Waals surface area (Å²) in [5, 5.41) is 4.70. The Balaban J connectivity index is 1.29. The van der Waals surface area contributed by atoms with Gasteiger partial charge in [0, 0.05) is 16.5 Å². The summed E-state index contributed by atoms with van der Waals surface area (Å²) in [5.74, 6) is 2.17. The van der Waals surface area contributed by atoms with Crippen molar-refractivity contribution in [1.82, 2.24) is 15.0 Å². The average molecular weight is 542 g/mol. The fourth-order valence-corrected chi connectivity index (χ4v) is 5.36. The van der Waals surface area contributed by atoms with Crippen LogP contribution in [-0.4, -0.2) is 15.0 Å². The summed E-state index contributed by atoms with van der Waals surface area (Å²) in [7, 11) is 0. The molecule has 6 aromatic carbocycles. The van der Waals surface area contributed by atoms with Gasteiger partial charge in [0.2, 0.25) is 0 Å². The third-order valence-corrected chi connectivity index (χ3v) is 7.72. The van der Waals surface area contributed by atoms with Crippen molar-refractivity contribution < 1.29 is 0 Å². The molecule has 7 aromatic rings. The summed E-state index contributed by atoms with van der Waals surface area (Å²) in [6.07, 6.45) is 0. The maximum atomic E-state index is 5.01. The Labute approximate surface area is 246 Å². The van der Waals surface area contributed by atoms with Crippen molar-refractivity contribution >= 4 is 21.5 Å². The van der Waals surface area contributed by atoms with Crippen LogP contribution in [0.25, 0.3) is 66.6 Å². The lowest BCUT2D eigenvalue weighted by molar-refractivity contribution is 0.543. The fraction of sp³-hybridized carbons (Fsp3) is 0.103. The molecule has 0 spiro atoms. The maximum Gasteiger partial charge on any atom is 0.163 e. The van der Waals surface area contributed by atoms with Crippen molar-refractivity contribution in [3.8, 4) is 45.0 Å². The van der Waals surface area contributed by atoms with Crippen LogP contribution >= 0.6 is 0 Å². The van der Waals surface area contributed by atoms with E-state index >= 15 is 0 Å². The van der Waals surface area contributed by atoms with Crippen LogP contribution in [0.5, 0.6) is 0 Å². The molecule has 1 aromatic heterocycles. The summed E-state index contributed by atoms with van der Waals surface area (Å²) in [6, 6.07) is 47.1. The quantitative estimate of drug-likeness (QED) is 0.222. The molecule has 3 heteroatoms. The highest BCUT2D eigenvalue weighted by Crippen LogP contribution is 2.32. The highest BCUT2D eigenvalue weighted by molar-refractivity contribution is 5.91. The number of rotatable bonds is 4. The van der Waals surface area contributed by atoms with Gasteiger partial charge >= 0.3 is 0 Å². The molecule has 0 atom stereocenters. The summed E-state index contributed by atoms with van der Waals surface area (Å²) in [4.78, 5) is 14.9. The molecule has 0 aliphatic heterocycles. The van der Waals surface area contributed by atoms with E-state index in [0.717, 1.165) is 27.7 Å². The number of aromatic nitrogens is 3. The molecular formula is C39H31N3. The smallest absolute Gasteiger partial charge is 0.163 e. The van der Waals surface area contributed by atoms with Crippen LogP contribution in [0.1, 0.15) is 26.6 Å². The Bertz CT molecular complexity index is 1920. The maximum absolute atomic E-state index is 5.01. The van der Waals surface area contributed by atoms with Gasteiger partial charge in [0.1, 0.15) is 5.82 Å². The lowest BCUT2D eigenvalue weighted by atomic mass is 9.95. The zero-order chi connectivity index (χ0) is 28.7. The Kier molecular flexibility index (Phi) is 6.36. The highest BCUT2D eigenvalue weighted by Gasteiger charge is 2.21. The molecule has 0 amide bonds. The molecule has 202 valence electrons. The van der Waals surface area contributed by atoms with Gasteiger partial charge in [-0.05, 0) is 68.1 Å². The normalized spacial score (nSPS) is 11.7. The zero-order valence-corrected chi connectivity index (χ0v) is 24.0. The Morgan fingerprint density at radius 3 is 1.10 bits per heavy atom. The fourth-order valence-electron chi connectivity index (χ4n) is 5.36. The van der Waals surface area contributed by atoms with Crippen LogP contribution < -0.4 is 0 Å². The first-order chi connectivity index (χ1) is 20.4. The van der Waals surface area contributed by atoms with Crippen LogP contribution in [0.2, 0.25) is 0 Å². The Hall–Kier alpha value is -5.15. The van der Waals surface area contributed by atoms with Crippen LogP contribution in [0, 0.1) is 0 Å². The van der Waals surface area contributed by atoms with Gasteiger partial charge in [-0.1, -0.05) is 130 Å². The van der Waals surface area contributed by atoms with Crippen molar-refractivity contribution in [1.29, 1.82) is 0 Å². The number of benzene rings is 6. The van der Waals surface area contributed by atoms with Gasteiger partial charge in [0.15, 0.2) is 11.6 Å². The summed E-state index contributed by atoms with van der Waals surface area (Å²) in [5.41, 5.74) is 6.59. The van der Waals surface area contributed by atoms with Crippen molar-refractivity contribution in [3.63, 3.8) is 0 Å². The molecule has 0 bridgehead atoms. The van der Waals surface area contributed by atoms with E-state index in [2.05, 4.69) is 142 Å². The topological polar surface area (TPSA) is 38.7 Å². The molecule has 0 N–H and O–H groups in total. The van der Waals surface area contributed by atoms with Gasteiger partial charge in [-0.15, -0.1) is 0 Å². The number of hydrogen-bond donors (Lipinski definition) is 0. The van der Waals surface area contributed by atoms with Gasteiger partial charge < -0.3 is 0 Å². The number of fused-ring (bicyclic) bond motifs is 2. The first-order valence-electron chi connectivity index (χ1n) is 14.4. The van der Waals surface area contributed by atoms with Crippen molar-refractivity contribution in [3.05, 3.63) is 139 Å². The molecule has 0 aliphatic carbocycles. The van der Waals surface area contributed by atoms with Gasteiger partial charge in [0.05, 0.1) is 0 Å². The molecule has 42 heavy (non-hydrogen) atoms. The second-order valence-electron chi connectivity index (χ2n) is 11.8. The molecule has 0 radical (unpaired) electrons. The third kappa shape index (κ3) is 5.06. The second kappa shape index (κ2) is 10.4. The van der Waals surface area contributed by atoms with E-state index in [4.69, 9.17) is 15.0 Å². The lowest BCUT2D eigenvalue weighted by Gasteiger charge is -2.18. The van der Waals surface area contributed by atoms with Crippen LogP contribution in [0.15, 0.2) is 133 Å². The molecule has 0 saturated carbocycles. The highest BCUT2D eigenvalue weighted by atomic mass is 15.0. The van der Waals surface area contributed by atoms with Gasteiger partial charge in [0.25, 0.3) is 0 Å². The minimum absolute atomic E-state index is 0.227. The number of nitrogens with zero attached hydrogens (tertiary/aromatic N) is 3. The molecule has 1 heterocycles.